The zero-order valence-corrected chi connectivity index (χ0v) is 14.4. The molecule has 0 aromatic heterocycles. The van der Waals surface area contributed by atoms with Gasteiger partial charge in [-0.3, -0.25) is 19.7 Å². The van der Waals surface area contributed by atoms with E-state index in [9.17, 15) is 19.7 Å². The SMILES string of the molecule is CCC(CC)(CC(=O)O)NC(=O)c1ccc(NC2CC2)c([N+](=O)[O-])c1. The summed E-state index contributed by atoms with van der Waals surface area (Å²) in [6.07, 6.45) is 2.65. The van der Waals surface area contributed by atoms with Crippen molar-refractivity contribution in [1.29, 1.82) is 0 Å². The number of rotatable bonds is 9. The van der Waals surface area contributed by atoms with Gasteiger partial charge in [-0.1, -0.05) is 13.8 Å². The number of anilines is 1. The Bertz CT molecular complexity index is 681. The molecule has 8 heteroatoms. The van der Waals surface area contributed by atoms with Crippen LogP contribution in [0.5, 0.6) is 0 Å². The van der Waals surface area contributed by atoms with E-state index in [0.29, 0.717) is 18.5 Å². The van der Waals surface area contributed by atoms with Gasteiger partial charge in [0.1, 0.15) is 5.69 Å². The normalized spacial score (nSPS) is 14.0. The van der Waals surface area contributed by atoms with E-state index in [2.05, 4.69) is 10.6 Å². The minimum atomic E-state index is -1.00. The van der Waals surface area contributed by atoms with Crippen molar-refractivity contribution in [3.05, 3.63) is 33.9 Å². The number of nitro benzene ring substituents is 1. The fraction of sp³-hybridized carbons (Fsp3) is 0.529. The van der Waals surface area contributed by atoms with Crippen molar-refractivity contribution < 1.29 is 19.6 Å². The molecule has 2 rings (SSSR count). The number of benzene rings is 1. The largest absolute Gasteiger partial charge is 0.481 e. The number of amides is 1. The molecule has 0 spiro atoms. The average Bonchev–Trinajstić information content (AvgIpc) is 3.37. The molecule has 1 amide bonds. The highest BCUT2D eigenvalue weighted by Gasteiger charge is 2.32. The highest BCUT2D eigenvalue weighted by Crippen LogP contribution is 2.32. The Hall–Kier alpha value is -2.64. The number of hydrogen-bond acceptors (Lipinski definition) is 5. The summed E-state index contributed by atoms with van der Waals surface area (Å²) in [5.41, 5.74) is -0.490. The number of carboxylic acids is 1. The summed E-state index contributed by atoms with van der Waals surface area (Å²) in [6, 6.07) is 4.53. The first kappa shape index (κ1) is 18.7. The van der Waals surface area contributed by atoms with E-state index >= 15 is 0 Å². The van der Waals surface area contributed by atoms with Crippen LogP contribution < -0.4 is 10.6 Å². The third-order valence-electron chi connectivity index (χ3n) is 4.62. The maximum absolute atomic E-state index is 12.5. The molecule has 0 atom stereocenters. The summed E-state index contributed by atoms with van der Waals surface area (Å²) in [5, 5.41) is 26.2. The minimum absolute atomic E-state index is 0.143. The molecular formula is C17H23N3O5. The van der Waals surface area contributed by atoms with E-state index in [-0.39, 0.29) is 23.7 Å². The van der Waals surface area contributed by atoms with Gasteiger partial charge in [-0.05, 0) is 37.8 Å². The highest BCUT2D eigenvalue weighted by molar-refractivity contribution is 5.96. The number of nitro groups is 1. The maximum Gasteiger partial charge on any atom is 0.305 e. The molecule has 0 radical (unpaired) electrons. The molecular weight excluding hydrogens is 326 g/mol. The first-order valence-electron chi connectivity index (χ1n) is 8.39. The lowest BCUT2D eigenvalue weighted by Crippen LogP contribution is -2.49. The highest BCUT2D eigenvalue weighted by atomic mass is 16.6. The van der Waals surface area contributed by atoms with Crippen LogP contribution >= 0.6 is 0 Å². The van der Waals surface area contributed by atoms with Gasteiger partial charge in [-0.2, -0.15) is 0 Å². The third-order valence-corrected chi connectivity index (χ3v) is 4.62. The first-order chi connectivity index (χ1) is 11.8. The molecule has 1 aliphatic rings. The van der Waals surface area contributed by atoms with Crippen molar-refractivity contribution >= 4 is 23.3 Å². The molecule has 3 N–H and O–H groups in total. The van der Waals surface area contributed by atoms with Gasteiger partial charge in [0.05, 0.1) is 16.9 Å². The second-order valence-corrected chi connectivity index (χ2v) is 6.42. The molecule has 1 aliphatic carbocycles. The summed E-state index contributed by atoms with van der Waals surface area (Å²) in [4.78, 5) is 34.4. The van der Waals surface area contributed by atoms with Crippen molar-refractivity contribution in [2.75, 3.05) is 5.32 Å². The second-order valence-electron chi connectivity index (χ2n) is 6.42. The van der Waals surface area contributed by atoms with Crippen molar-refractivity contribution in [3.63, 3.8) is 0 Å². The minimum Gasteiger partial charge on any atom is -0.481 e. The molecule has 25 heavy (non-hydrogen) atoms. The van der Waals surface area contributed by atoms with Crippen molar-refractivity contribution in [2.45, 2.75) is 57.5 Å². The Labute approximate surface area is 145 Å². The van der Waals surface area contributed by atoms with E-state index in [4.69, 9.17) is 5.11 Å². The van der Waals surface area contributed by atoms with E-state index in [0.717, 1.165) is 12.8 Å². The predicted octanol–water partition coefficient (Wildman–Crippen LogP) is 2.93. The fourth-order valence-electron chi connectivity index (χ4n) is 2.72. The number of nitrogens with one attached hydrogen (secondary N) is 2. The maximum atomic E-state index is 12.5. The standard InChI is InChI=1S/C17H23N3O5/c1-3-17(4-2,10-15(21)22)19-16(23)11-5-8-13(18-12-6-7-12)14(9-11)20(24)25/h5,8-9,12,18H,3-4,6-7,10H2,1-2H3,(H,19,23)(H,21,22). The topological polar surface area (TPSA) is 122 Å². The molecule has 0 heterocycles. The van der Waals surface area contributed by atoms with Crippen molar-refractivity contribution in [3.8, 4) is 0 Å². The monoisotopic (exact) mass is 349 g/mol. The molecule has 1 fully saturated rings. The van der Waals surface area contributed by atoms with E-state index in [1.165, 1.54) is 18.2 Å². The molecule has 0 unspecified atom stereocenters. The zero-order valence-electron chi connectivity index (χ0n) is 14.4. The number of carbonyl (C=O) groups excluding carboxylic acids is 1. The van der Waals surface area contributed by atoms with Gasteiger partial charge < -0.3 is 15.7 Å². The summed E-state index contributed by atoms with van der Waals surface area (Å²) in [6.45, 7) is 3.61. The lowest BCUT2D eigenvalue weighted by Gasteiger charge is -2.31. The molecule has 1 aromatic carbocycles. The Balaban J connectivity index is 2.24. The predicted molar refractivity (Wildman–Crippen MR) is 92.8 cm³/mol. The lowest BCUT2D eigenvalue weighted by atomic mass is 9.88. The Morgan fingerprint density at radius 3 is 2.44 bits per heavy atom. The van der Waals surface area contributed by atoms with Gasteiger partial charge in [0.25, 0.3) is 11.6 Å². The third kappa shape index (κ3) is 4.68. The van der Waals surface area contributed by atoms with Crippen LogP contribution in [0.2, 0.25) is 0 Å². The molecule has 1 aromatic rings. The van der Waals surface area contributed by atoms with Crippen LogP contribution in [0, 0.1) is 10.1 Å². The number of nitrogens with zero attached hydrogens (tertiary/aromatic N) is 1. The Morgan fingerprint density at radius 1 is 1.32 bits per heavy atom. The zero-order chi connectivity index (χ0) is 18.6. The van der Waals surface area contributed by atoms with Gasteiger partial charge in [0.2, 0.25) is 0 Å². The van der Waals surface area contributed by atoms with Crippen LogP contribution in [-0.4, -0.2) is 33.5 Å². The Morgan fingerprint density at radius 2 is 1.96 bits per heavy atom. The number of aliphatic carboxylic acids is 1. The second kappa shape index (κ2) is 7.50. The van der Waals surface area contributed by atoms with Crippen LogP contribution in [0.1, 0.15) is 56.3 Å². The van der Waals surface area contributed by atoms with Crippen molar-refractivity contribution in [2.24, 2.45) is 0 Å². The molecule has 0 aliphatic heterocycles. The van der Waals surface area contributed by atoms with Gasteiger partial charge in [0.15, 0.2) is 0 Å². The number of carbonyl (C=O) groups is 2. The van der Waals surface area contributed by atoms with Crippen LogP contribution in [0.3, 0.4) is 0 Å². The summed E-state index contributed by atoms with van der Waals surface area (Å²) < 4.78 is 0. The Kier molecular flexibility index (Phi) is 5.61. The lowest BCUT2D eigenvalue weighted by molar-refractivity contribution is -0.384. The number of carboxylic acid groups (broad SMARTS) is 1. The van der Waals surface area contributed by atoms with Crippen LogP contribution in [0.4, 0.5) is 11.4 Å². The van der Waals surface area contributed by atoms with Crippen LogP contribution in [0.15, 0.2) is 18.2 Å². The first-order valence-corrected chi connectivity index (χ1v) is 8.39. The van der Waals surface area contributed by atoms with Gasteiger partial charge in [0, 0.05) is 17.7 Å². The fourth-order valence-corrected chi connectivity index (χ4v) is 2.72. The van der Waals surface area contributed by atoms with Gasteiger partial charge in [-0.15, -0.1) is 0 Å². The van der Waals surface area contributed by atoms with Crippen LogP contribution in [-0.2, 0) is 4.79 Å². The molecule has 8 nitrogen and oxygen atoms in total. The summed E-state index contributed by atoms with van der Waals surface area (Å²) >= 11 is 0. The summed E-state index contributed by atoms with van der Waals surface area (Å²) in [5.74, 6) is -1.51. The molecule has 0 saturated heterocycles. The average molecular weight is 349 g/mol. The van der Waals surface area contributed by atoms with E-state index in [1.807, 2.05) is 0 Å². The molecule has 136 valence electrons. The molecule has 0 bridgehead atoms. The van der Waals surface area contributed by atoms with E-state index < -0.39 is 22.3 Å². The molecule has 1 saturated carbocycles. The van der Waals surface area contributed by atoms with Gasteiger partial charge >= 0.3 is 5.97 Å². The number of hydrogen-bond donors (Lipinski definition) is 3. The van der Waals surface area contributed by atoms with Crippen molar-refractivity contribution in [1.82, 2.24) is 5.32 Å². The quantitative estimate of drug-likeness (QED) is 0.465. The summed E-state index contributed by atoms with van der Waals surface area (Å²) in [7, 11) is 0. The van der Waals surface area contributed by atoms with E-state index in [1.54, 1.807) is 13.8 Å². The van der Waals surface area contributed by atoms with Gasteiger partial charge in [-0.25, -0.2) is 0 Å². The smallest absolute Gasteiger partial charge is 0.305 e. The van der Waals surface area contributed by atoms with Crippen LogP contribution in [0.25, 0.3) is 0 Å².